The molecule has 1 saturated heterocycles. The van der Waals surface area contributed by atoms with Crippen molar-refractivity contribution in [1.82, 2.24) is 30.4 Å². The van der Waals surface area contributed by atoms with Gasteiger partial charge in [-0.1, -0.05) is 16.9 Å². The van der Waals surface area contributed by atoms with E-state index in [4.69, 9.17) is 10.6 Å². The number of thioether (sulfide) groups is 3. The number of nitrogens with two attached hydrogens (primary N) is 1. The van der Waals surface area contributed by atoms with E-state index in [0.29, 0.717) is 20.9 Å². The van der Waals surface area contributed by atoms with Gasteiger partial charge in [-0.2, -0.15) is 0 Å². The zero-order valence-corrected chi connectivity index (χ0v) is 20.0. The molecular weight excluding hydrogens is 512 g/mol. The Balaban J connectivity index is 1.45. The van der Waals surface area contributed by atoms with Crippen LogP contribution in [0.2, 0.25) is 0 Å². The van der Waals surface area contributed by atoms with Crippen molar-refractivity contribution in [2.45, 2.75) is 16.6 Å². The number of anilines is 1. The Morgan fingerprint density at radius 1 is 1.48 bits per heavy atom. The number of nitrogens with one attached hydrogen (secondary N) is 2. The number of thiazole rings is 1. The first-order chi connectivity index (χ1) is 15.9. The molecule has 2 aliphatic rings. The molecule has 5 N–H and O–H groups in total. The molecule has 0 aliphatic carbocycles. The minimum absolute atomic E-state index is 0.0760. The fourth-order valence-electron chi connectivity index (χ4n) is 3.02. The first-order valence-electron chi connectivity index (χ1n) is 9.06. The van der Waals surface area contributed by atoms with Gasteiger partial charge in [-0.3, -0.25) is 19.6 Å². The number of carboxylic acids is 1. The smallest absolute Gasteiger partial charge is 0.353 e. The van der Waals surface area contributed by atoms with E-state index in [1.165, 1.54) is 53.6 Å². The number of hydrogen-bond donors (Lipinski definition) is 4. The van der Waals surface area contributed by atoms with Crippen LogP contribution in [0.25, 0.3) is 0 Å². The Morgan fingerprint density at radius 3 is 2.94 bits per heavy atom. The number of β-lactam (4-membered cyclic amide) rings is 1. The average Bonchev–Trinajstić information content (AvgIpc) is 3.46. The third-order valence-electron chi connectivity index (χ3n) is 4.40. The standard InChI is InChI=1S/C16H16N8O5S4/c1-29-23-8(6-2-31-15(17)20-6)11(25)21-9-12(26)24-10(14(27)28)7(3-30-13(9)24)32-5-33-16-18-4-19-22-16/h2,4,9,13H,3,5H2,1H3,(H2,17,20)(H,21,25)(H,27,28)(H,18,19,22)/b23-8-/t9-,13-/m1/s1. The molecule has 2 aromatic rings. The largest absolute Gasteiger partial charge is 0.477 e. The lowest BCUT2D eigenvalue weighted by atomic mass is 10.0. The van der Waals surface area contributed by atoms with Crippen molar-refractivity contribution in [3.05, 3.63) is 28.0 Å². The summed E-state index contributed by atoms with van der Waals surface area (Å²) in [7, 11) is 1.28. The van der Waals surface area contributed by atoms with Gasteiger partial charge in [0.2, 0.25) is 5.16 Å². The highest BCUT2D eigenvalue weighted by Gasteiger charge is 2.54. The van der Waals surface area contributed by atoms with Crippen LogP contribution in [0.15, 0.2) is 32.6 Å². The summed E-state index contributed by atoms with van der Waals surface area (Å²) in [6.07, 6.45) is 1.45. The lowest BCUT2D eigenvalue weighted by molar-refractivity contribution is -0.150. The number of nitrogens with zero attached hydrogens (tertiary/aromatic N) is 5. The van der Waals surface area contributed by atoms with Crippen LogP contribution in [-0.4, -0.2) is 83.0 Å². The van der Waals surface area contributed by atoms with Gasteiger partial charge < -0.3 is 21.0 Å². The van der Waals surface area contributed by atoms with Crippen LogP contribution in [0.3, 0.4) is 0 Å². The number of carbonyl (C=O) groups excluding carboxylic acids is 2. The van der Waals surface area contributed by atoms with Crippen molar-refractivity contribution in [1.29, 1.82) is 0 Å². The summed E-state index contributed by atoms with van der Waals surface area (Å²) < 4.78 is 0. The fraction of sp³-hybridized carbons (Fsp3) is 0.312. The Hall–Kier alpha value is -2.76. The normalized spacial score (nSPS) is 20.3. The molecule has 0 bridgehead atoms. The van der Waals surface area contributed by atoms with E-state index in [1.807, 2.05) is 0 Å². The Kier molecular flexibility index (Phi) is 7.11. The predicted octanol–water partition coefficient (Wildman–Crippen LogP) is 0.373. The zero-order valence-electron chi connectivity index (χ0n) is 16.8. The summed E-state index contributed by atoms with van der Waals surface area (Å²) in [5.41, 5.74) is 5.63. The van der Waals surface area contributed by atoms with Crippen molar-refractivity contribution in [3.63, 3.8) is 0 Å². The van der Waals surface area contributed by atoms with E-state index in [9.17, 15) is 19.5 Å². The highest BCUT2D eigenvalue weighted by Crippen LogP contribution is 2.44. The van der Waals surface area contributed by atoms with E-state index >= 15 is 0 Å². The van der Waals surface area contributed by atoms with Gasteiger partial charge in [0.15, 0.2) is 10.8 Å². The van der Waals surface area contributed by atoms with Gasteiger partial charge in [0.05, 0.1) is 5.08 Å². The minimum atomic E-state index is -1.21. The van der Waals surface area contributed by atoms with Crippen molar-refractivity contribution < 1.29 is 24.3 Å². The Bertz CT molecular complexity index is 1130. The first-order valence-corrected chi connectivity index (χ1v) is 13.0. The summed E-state index contributed by atoms with van der Waals surface area (Å²) in [4.78, 5) is 52.1. The molecule has 0 aromatic carbocycles. The lowest BCUT2D eigenvalue weighted by Crippen LogP contribution is -2.71. The second-order valence-electron chi connectivity index (χ2n) is 6.32. The van der Waals surface area contributed by atoms with Crippen molar-refractivity contribution >= 4 is 75.2 Å². The number of aromatic amines is 1. The Labute approximate surface area is 203 Å². The van der Waals surface area contributed by atoms with Crippen LogP contribution in [-0.2, 0) is 19.2 Å². The quantitative estimate of drug-likeness (QED) is 0.115. The number of fused-ring (bicyclic) bond motifs is 1. The molecule has 4 heterocycles. The molecule has 2 atom stereocenters. The maximum Gasteiger partial charge on any atom is 0.353 e. The third kappa shape index (κ3) is 4.80. The Morgan fingerprint density at radius 2 is 2.30 bits per heavy atom. The van der Waals surface area contributed by atoms with Crippen molar-refractivity contribution in [3.8, 4) is 0 Å². The van der Waals surface area contributed by atoms with Gasteiger partial charge in [-0.25, -0.2) is 14.8 Å². The van der Waals surface area contributed by atoms with Crippen LogP contribution in [0.4, 0.5) is 5.13 Å². The maximum absolute atomic E-state index is 12.8. The second-order valence-corrected chi connectivity index (χ2v) is 10.7. The van der Waals surface area contributed by atoms with Gasteiger partial charge >= 0.3 is 5.97 Å². The first kappa shape index (κ1) is 23.4. The van der Waals surface area contributed by atoms with Crippen LogP contribution in [0, 0.1) is 0 Å². The van der Waals surface area contributed by atoms with Gasteiger partial charge in [-0.15, -0.1) is 40.0 Å². The number of hydrogen-bond acceptors (Lipinski definition) is 13. The van der Waals surface area contributed by atoms with E-state index < -0.39 is 29.2 Å². The number of nitrogen functional groups attached to an aromatic ring is 1. The van der Waals surface area contributed by atoms with Crippen molar-refractivity contribution in [2.24, 2.45) is 5.16 Å². The molecule has 0 spiro atoms. The number of aromatic nitrogens is 4. The van der Waals surface area contributed by atoms with Gasteiger partial charge in [0.25, 0.3) is 11.8 Å². The topological polar surface area (TPSA) is 189 Å². The molecule has 33 heavy (non-hydrogen) atoms. The lowest BCUT2D eigenvalue weighted by Gasteiger charge is -2.49. The zero-order chi connectivity index (χ0) is 23.5. The van der Waals surface area contributed by atoms with Gasteiger partial charge in [0, 0.05) is 16.0 Å². The molecule has 174 valence electrons. The number of amides is 2. The summed E-state index contributed by atoms with van der Waals surface area (Å²) in [6, 6.07) is -0.913. The molecule has 2 amide bonds. The molecule has 0 unspecified atom stereocenters. The van der Waals surface area contributed by atoms with E-state index in [0.717, 1.165) is 11.3 Å². The van der Waals surface area contributed by atoms with Gasteiger partial charge in [0.1, 0.15) is 36.2 Å². The SMILES string of the molecule is CO/N=C(\C(=O)N[C@@H]1C(=O)N2C(C(=O)O)=C(SCSc3nc[nH]n3)CS[C@H]12)c1csc(N)n1. The molecule has 0 radical (unpaired) electrons. The summed E-state index contributed by atoms with van der Waals surface area (Å²) in [6.45, 7) is 0. The van der Waals surface area contributed by atoms with Crippen LogP contribution in [0.5, 0.6) is 0 Å². The molecule has 2 aromatic heterocycles. The molecule has 2 aliphatic heterocycles. The summed E-state index contributed by atoms with van der Waals surface area (Å²) in [5.74, 6) is -2.02. The monoisotopic (exact) mass is 528 g/mol. The summed E-state index contributed by atoms with van der Waals surface area (Å²) >= 11 is 5.15. The minimum Gasteiger partial charge on any atom is -0.477 e. The van der Waals surface area contributed by atoms with E-state index in [-0.39, 0.29) is 22.2 Å². The fourth-order valence-corrected chi connectivity index (χ4v) is 7.10. The van der Waals surface area contributed by atoms with Gasteiger partial charge in [-0.05, 0) is 0 Å². The third-order valence-corrected chi connectivity index (χ3v) is 8.62. The molecule has 0 saturated carbocycles. The van der Waals surface area contributed by atoms with E-state index in [2.05, 4.69) is 30.6 Å². The van der Waals surface area contributed by atoms with Crippen LogP contribution in [0.1, 0.15) is 5.69 Å². The molecule has 4 rings (SSSR count). The summed E-state index contributed by atoms with van der Waals surface area (Å²) in [5, 5.41) is 24.9. The molecule has 17 heteroatoms. The second kappa shape index (κ2) is 10.0. The van der Waals surface area contributed by atoms with Crippen LogP contribution >= 0.6 is 46.6 Å². The number of oxime groups is 1. The predicted molar refractivity (Wildman–Crippen MR) is 124 cm³/mol. The highest BCUT2D eigenvalue weighted by molar-refractivity contribution is 8.18. The molecule has 1 fully saturated rings. The molecule has 13 nitrogen and oxygen atoms in total. The number of rotatable bonds is 9. The number of carboxylic acid groups (broad SMARTS) is 1. The number of carbonyl (C=O) groups is 3. The molecular formula is C16H16N8O5S4. The number of aliphatic carboxylic acids is 1. The number of H-pyrrole nitrogens is 1. The van der Waals surface area contributed by atoms with Crippen LogP contribution < -0.4 is 11.1 Å². The average molecular weight is 529 g/mol. The highest BCUT2D eigenvalue weighted by atomic mass is 32.2. The van der Waals surface area contributed by atoms with Crippen molar-refractivity contribution in [2.75, 3.05) is 23.7 Å². The van der Waals surface area contributed by atoms with E-state index in [1.54, 1.807) is 5.38 Å². The maximum atomic E-state index is 12.8.